The van der Waals surface area contributed by atoms with Crippen molar-refractivity contribution in [3.8, 4) is 0 Å². The molecule has 3 nitrogen and oxygen atoms in total. The van der Waals surface area contributed by atoms with Crippen molar-refractivity contribution in [2.75, 3.05) is 39.1 Å². The van der Waals surface area contributed by atoms with Gasteiger partial charge in [-0.05, 0) is 30.9 Å². The number of morpholine rings is 1. The zero-order valence-electron chi connectivity index (χ0n) is 11.9. The van der Waals surface area contributed by atoms with Crippen LogP contribution in [0.2, 0.25) is 0 Å². The summed E-state index contributed by atoms with van der Waals surface area (Å²) >= 11 is 1.79. The lowest BCUT2D eigenvalue weighted by Crippen LogP contribution is -2.44. The Bertz CT molecular complexity index is 363. The standard InChI is InChI=1S/C15H24N2OS/c1-13(12-17-7-9-18-10-8-17)16-11-14-3-5-15(19-2)6-4-14/h3-6,13,16H,7-12H2,1-2H3/t13-/m1/s1. The molecule has 106 valence electrons. The van der Waals surface area contributed by atoms with Crippen LogP contribution in [0, 0.1) is 0 Å². The molecule has 1 atom stereocenters. The smallest absolute Gasteiger partial charge is 0.0594 e. The predicted molar refractivity (Wildman–Crippen MR) is 81.8 cm³/mol. The Balaban J connectivity index is 1.71. The average Bonchev–Trinajstić information content (AvgIpc) is 2.47. The highest BCUT2D eigenvalue weighted by Gasteiger charge is 2.13. The van der Waals surface area contributed by atoms with Crippen LogP contribution in [0.15, 0.2) is 29.2 Å². The van der Waals surface area contributed by atoms with Gasteiger partial charge in [0.2, 0.25) is 0 Å². The Morgan fingerprint density at radius 2 is 1.95 bits per heavy atom. The first-order valence-electron chi connectivity index (χ1n) is 6.94. The maximum atomic E-state index is 5.37. The van der Waals surface area contributed by atoms with Crippen molar-refractivity contribution < 1.29 is 4.74 Å². The monoisotopic (exact) mass is 280 g/mol. The van der Waals surface area contributed by atoms with Crippen LogP contribution in [0.4, 0.5) is 0 Å². The first-order valence-corrected chi connectivity index (χ1v) is 8.17. The van der Waals surface area contributed by atoms with E-state index in [-0.39, 0.29) is 0 Å². The van der Waals surface area contributed by atoms with Crippen molar-refractivity contribution in [3.05, 3.63) is 29.8 Å². The van der Waals surface area contributed by atoms with Crippen molar-refractivity contribution >= 4 is 11.8 Å². The van der Waals surface area contributed by atoms with Gasteiger partial charge in [0.05, 0.1) is 13.2 Å². The maximum Gasteiger partial charge on any atom is 0.0594 e. The van der Waals surface area contributed by atoms with Gasteiger partial charge in [-0.25, -0.2) is 0 Å². The van der Waals surface area contributed by atoms with Crippen molar-refractivity contribution in [2.24, 2.45) is 0 Å². The molecular formula is C15H24N2OS. The van der Waals surface area contributed by atoms with Gasteiger partial charge in [0.1, 0.15) is 0 Å². The van der Waals surface area contributed by atoms with Crippen LogP contribution in [-0.2, 0) is 11.3 Å². The molecule has 1 fully saturated rings. The summed E-state index contributed by atoms with van der Waals surface area (Å²) in [5.74, 6) is 0. The molecule has 1 aromatic rings. The van der Waals surface area contributed by atoms with E-state index in [9.17, 15) is 0 Å². The predicted octanol–water partition coefficient (Wildman–Crippen LogP) is 2.22. The van der Waals surface area contributed by atoms with Crippen LogP contribution >= 0.6 is 11.8 Å². The van der Waals surface area contributed by atoms with Crippen LogP contribution in [0.1, 0.15) is 12.5 Å². The highest BCUT2D eigenvalue weighted by atomic mass is 32.2. The van der Waals surface area contributed by atoms with Gasteiger partial charge < -0.3 is 10.1 Å². The van der Waals surface area contributed by atoms with Crippen molar-refractivity contribution in [3.63, 3.8) is 0 Å². The summed E-state index contributed by atoms with van der Waals surface area (Å²) < 4.78 is 5.37. The van der Waals surface area contributed by atoms with Gasteiger partial charge in [0.15, 0.2) is 0 Å². The minimum Gasteiger partial charge on any atom is -0.379 e. The van der Waals surface area contributed by atoms with E-state index < -0.39 is 0 Å². The molecule has 1 aliphatic heterocycles. The minimum atomic E-state index is 0.512. The molecule has 1 saturated heterocycles. The summed E-state index contributed by atoms with van der Waals surface area (Å²) in [6.07, 6.45) is 2.11. The van der Waals surface area contributed by atoms with Gasteiger partial charge in [-0.2, -0.15) is 0 Å². The second-order valence-electron chi connectivity index (χ2n) is 5.04. The van der Waals surface area contributed by atoms with Crippen LogP contribution in [0.5, 0.6) is 0 Å². The van der Waals surface area contributed by atoms with E-state index in [1.54, 1.807) is 11.8 Å². The van der Waals surface area contributed by atoms with Crippen molar-refractivity contribution in [2.45, 2.75) is 24.4 Å². The van der Waals surface area contributed by atoms with Crippen LogP contribution in [0.25, 0.3) is 0 Å². The lowest BCUT2D eigenvalue weighted by Gasteiger charge is -2.29. The average molecular weight is 280 g/mol. The number of rotatable bonds is 6. The zero-order chi connectivity index (χ0) is 13.5. The third-order valence-electron chi connectivity index (χ3n) is 3.45. The molecule has 4 heteroatoms. The summed E-state index contributed by atoms with van der Waals surface area (Å²) in [6.45, 7) is 8.19. The quantitative estimate of drug-likeness (QED) is 0.808. The van der Waals surface area contributed by atoms with Crippen molar-refractivity contribution in [1.82, 2.24) is 10.2 Å². The summed E-state index contributed by atoms with van der Waals surface area (Å²) in [5, 5.41) is 3.59. The second kappa shape index (κ2) is 7.90. The van der Waals surface area contributed by atoms with Gasteiger partial charge in [-0.3, -0.25) is 4.90 Å². The highest BCUT2D eigenvalue weighted by Crippen LogP contribution is 2.14. The normalized spacial score (nSPS) is 18.4. The van der Waals surface area contributed by atoms with Gasteiger partial charge >= 0.3 is 0 Å². The van der Waals surface area contributed by atoms with Crippen LogP contribution in [-0.4, -0.2) is 50.0 Å². The number of benzene rings is 1. The van der Waals surface area contributed by atoms with Gasteiger partial charge in [0, 0.05) is 37.1 Å². The number of nitrogens with zero attached hydrogens (tertiary/aromatic N) is 1. The molecule has 2 rings (SSSR count). The van der Waals surface area contributed by atoms with Gasteiger partial charge in [-0.1, -0.05) is 12.1 Å². The maximum absolute atomic E-state index is 5.37. The third kappa shape index (κ3) is 5.15. The van der Waals surface area contributed by atoms with E-state index in [0.717, 1.165) is 39.4 Å². The van der Waals surface area contributed by atoms with E-state index in [4.69, 9.17) is 4.74 Å². The molecule has 0 spiro atoms. The fourth-order valence-electron chi connectivity index (χ4n) is 2.27. The molecule has 1 aliphatic rings. The molecule has 1 aromatic carbocycles. The highest BCUT2D eigenvalue weighted by molar-refractivity contribution is 7.98. The zero-order valence-corrected chi connectivity index (χ0v) is 12.7. The molecule has 19 heavy (non-hydrogen) atoms. The number of ether oxygens (including phenoxy) is 1. The first-order chi connectivity index (χ1) is 9.28. The topological polar surface area (TPSA) is 24.5 Å². The Hall–Kier alpha value is -0.550. The van der Waals surface area contributed by atoms with E-state index in [2.05, 4.69) is 47.7 Å². The van der Waals surface area contributed by atoms with E-state index >= 15 is 0 Å². The minimum absolute atomic E-state index is 0.512. The molecule has 1 N–H and O–H groups in total. The summed E-state index contributed by atoms with van der Waals surface area (Å²) in [4.78, 5) is 3.79. The number of thioether (sulfide) groups is 1. The Morgan fingerprint density at radius 1 is 1.26 bits per heavy atom. The Kier molecular flexibility index (Phi) is 6.17. The second-order valence-corrected chi connectivity index (χ2v) is 5.92. The lowest BCUT2D eigenvalue weighted by molar-refractivity contribution is 0.0343. The molecule has 0 radical (unpaired) electrons. The summed E-state index contributed by atoms with van der Waals surface area (Å²) in [5.41, 5.74) is 1.35. The van der Waals surface area contributed by atoms with Crippen molar-refractivity contribution in [1.29, 1.82) is 0 Å². The molecule has 1 heterocycles. The molecule has 0 unspecified atom stereocenters. The number of hydrogen-bond donors (Lipinski definition) is 1. The molecule has 0 saturated carbocycles. The third-order valence-corrected chi connectivity index (χ3v) is 4.19. The molecule has 0 aromatic heterocycles. The molecule has 0 bridgehead atoms. The van der Waals surface area contributed by atoms with Gasteiger partial charge in [0.25, 0.3) is 0 Å². The summed E-state index contributed by atoms with van der Waals surface area (Å²) in [7, 11) is 0. The van der Waals surface area contributed by atoms with Gasteiger partial charge in [-0.15, -0.1) is 11.8 Å². The lowest BCUT2D eigenvalue weighted by atomic mass is 10.2. The summed E-state index contributed by atoms with van der Waals surface area (Å²) in [6, 6.07) is 9.31. The fourth-order valence-corrected chi connectivity index (χ4v) is 2.68. The fraction of sp³-hybridized carbons (Fsp3) is 0.600. The molecule has 0 amide bonds. The number of hydrogen-bond acceptors (Lipinski definition) is 4. The molecule has 0 aliphatic carbocycles. The SMILES string of the molecule is CSc1ccc(CN[C@H](C)CN2CCOCC2)cc1. The Morgan fingerprint density at radius 3 is 2.58 bits per heavy atom. The van der Waals surface area contributed by atoms with E-state index in [1.807, 2.05) is 0 Å². The van der Waals surface area contributed by atoms with Crippen LogP contribution in [0.3, 0.4) is 0 Å². The van der Waals surface area contributed by atoms with E-state index in [1.165, 1.54) is 10.5 Å². The first kappa shape index (κ1) is 14.9. The van der Waals surface area contributed by atoms with Crippen LogP contribution < -0.4 is 5.32 Å². The largest absolute Gasteiger partial charge is 0.379 e. The number of nitrogens with one attached hydrogen (secondary N) is 1. The molecular weight excluding hydrogens is 256 g/mol. The van der Waals surface area contributed by atoms with E-state index in [0.29, 0.717) is 6.04 Å². The Labute approximate surface area is 120 Å².